The standard InChI is InChI=1S/C23H24N2O3S/c1-16-7-13-20(14-8-16)29(26,27)25-23(17-9-11-19(28-2)12-10-17)22-15-18-5-3-4-6-21(18)24-22/h3-4,7-15,23-25H,5-6H2,1-2H3. The Kier molecular flexibility index (Phi) is 5.30. The van der Waals surface area contributed by atoms with Gasteiger partial charge in [0.25, 0.3) is 0 Å². The van der Waals surface area contributed by atoms with Gasteiger partial charge in [0, 0.05) is 17.8 Å². The van der Waals surface area contributed by atoms with Crippen molar-refractivity contribution in [1.82, 2.24) is 9.71 Å². The highest BCUT2D eigenvalue weighted by atomic mass is 32.2. The number of ether oxygens (including phenoxy) is 1. The molecule has 6 heteroatoms. The third kappa shape index (κ3) is 4.13. The van der Waals surface area contributed by atoms with E-state index in [4.69, 9.17) is 4.74 Å². The highest BCUT2D eigenvalue weighted by Gasteiger charge is 2.25. The van der Waals surface area contributed by atoms with Crippen molar-refractivity contribution in [2.75, 3.05) is 7.11 Å². The van der Waals surface area contributed by atoms with Crippen molar-refractivity contribution in [2.45, 2.75) is 30.7 Å². The lowest BCUT2D eigenvalue weighted by molar-refractivity contribution is 0.414. The Morgan fingerprint density at radius 2 is 1.69 bits per heavy atom. The van der Waals surface area contributed by atoms with Crippen molar-refractivity contribution in [2.24, 2.45) is 0 Å². The molecule has 0 saturated carbocycles. The molecule has 0 bridgehead atoms. The summed E-state index contributed by atoms with van der Waals surface area (Å²) in [5.74, 6) is 0.726. The van der Waals surface area contributed by atoms with Gasteiger partial charge >= 0.3 is 0 Å². The van der Waals surface area contributed by atoms with Crippen molar-refractivity contribution in [3.8, 4) is 5.75 Å². The van der Waals surface area contributed by atoms with E-state index in [1.807, 2.05) is 31.2 Å². The summed E-state index contributed by atoms with van der Waals surface area (Å²) in [6.07, 6.45) is 5.95. The van der Waals surface area contributed by atoms with Gasteiger partial charge in [0.2, 0.25) is 10.0 Å². The predicted molar refractivity (Wildman–Crippen MR) is 114 cm³/mol. The highest BCUT2D eigenvalue weighted by molar-refractivity contribution is 7.89. The van der Waals surface area contributed by atoms with Crippen molar-refractivity contribution in [1.29, 1.82) is 0 Å². The van der Waals surface area contributed by atoms with Gasteiger partial charge in [-0.3, -0.25) is 0 Å². The molecule has 1 aliphatic carbocycles. The minimum absolute atomic E-state index is 0.250. The van der Waals surface area contributed by atoms with Gasteiger partial charge in [0.1, 0.15) is 5.75 Å². The molecule has 0 aliphatic heterocycles. The van der Waals surface area contributed by atoms with E-state index >= 15 is 0 Å². The van der Waals surface area contributed by atoms with Crippen LogP contribution in [-0.4, -0.2) is 20.5 Å². The fourth-order valence-corrected chi connectivity index (χ4v) is 4.75. The second-order valence-corrected chi connectivity index (χ2v) is 8.96. The number of aromatic amines is 1. The molecule has 3 aromatic rings. The van der Waals surface area contributed by atoms with Gasteiger partial charge in [-0.05, 0) is 54.8 Å². The van der Waals surface area contributed by atoms with Crippen LogP contribution in [0.4, 0.5) is 0 Å². The van der Waals surface area contributed by atoms with Gasteiger partial charge < -0.3 is 9.72 Å². The van der Waals surface area contributed by atoms with Crippen LogP contribution in [0.3, 0.4) is 0 Å². The zero-order valence-electron chi connectivity index (χ0n) is 16.5. The third-order valence-electron chi connectivity index (χ3n) is 5.20. The van der Waals surface area contributed by atoms with Crippen LogP contribution < -0.4 is 9.46 Å². The van der Waals surface area contributed by atoms with Gasteiger partial charge in [0.05, 0.1) is 18.0 Å². The first-order valence-corrected chi connectivity index (χ1v) is 11.0. The Hall–Kier alpha value is -2.83. The van der Waals surface area contributed by atoms with Crippen molar-refractivity contribution in [3.05, 3.63) is 94.8 Å². The minimum atomic E-state index is -3.71. The first-order chi connectivity index (χ1) is 14.0. The van der Waals surface area contributed by atoms with Crippen LogP contribution in [0.5, 0.6) is 5.75 Å². The van der Waals surface area contributed by atoms with E-state index < -0.39 is 16.1 Å². The van der Waals surface area contributed by atoms with Crippen LogP contribution in [0.1, 0.15) is 34.1 Å². The molecular formula is C23H24N2O3S. The number of nitrogens with one attached hydrogen (secondary N) is 2. The monoisotopic (exact) mass is 408 g/mol. The number of hydrogen-bond donors (Lipinski definition) is 2. The van der Waals surface area contributed by atoms with Crippen LogP contribution in [0, 0.1) is 6.92 Å². The van der Waals surface area contributed by atoms with E-state index in [-0.39, 0.29) is 4.90 Å². The molecule has 29 heavy (non-hydrogen) atoms. The number of fused-ring (bicyclic) bond motifs is 1. The zero-order chi connectivity index (χ0) is 20.4. The van der Waals surface area contributed by atoms with Crippen molar-refractivity contribution >= 4 is 10.0 Å². The number of aromatic nitrogens is 1. The number of benzene rings is 2. The smallest absolute Gasteiger partial charge is 0.241 e. The van der Waals surface area contributed by atoms with Crippen LogP contribution in [0.2, 0.25) is 0 Å². The van der Waals surface area contributed by atoms with Crippen LogP contribution in [-0.2, 0) is 22.9 Å². The minimum Gasteiger partial charge on any atom is -0.497 e. The van der Waals surface area contributed by atoms with Gasteiger partial charge in [-0.2, -0.15) is 4.72 Å². The average molecular weight is 409 g/mol. The van der Waals surface area contributed by atoms with Gasteiger partial charge in [-0.25, -0.2) is 8.42 Å². The molecule has 1 heterocycles. The number of methoxy groups -OCH3 is 1. The zero-order valence-corrected chi connectivity index (χ0v) is 17.3. The quantitative estimate of drug-likeness (QED) is 0.605. The molecule has 1 aromatic heterocycles. The third-order valence-corrected chi connectivity index (χ3v) is 6.64. The molecule has 0 spiro atoms. The molecule has 0 fully saturated rings. The Labute approximate surface area is 171 Å². The second-order valence-electron chi connectivity index (χ2n) is 7.25. The normalized spacial score (nSPS) is 14.4. The lowest BCUT2D eigenvalue weighted by atomic mass is 10.0. The van der Waals surface area contributed by atoms with E-state index in [9.17, 15) is 8.42 Å². The average Bonchev–Trinajstić information content (AvgIpc) is 3.16. The summed E-state index contributed by atoms with van der Waals surface area (Å²) in [4.78, 5) is 3.68. The van der Waals surface area contributed by atoms with E-state index in [2.05, 4.69) is 27.9 Å². The summed E-state index contributed by atoms with van der Waals surface area (Å²) in [7, 11) is -2.10. The number of hydrogen-bond acceptors (Lipinski definition) is 3. The molecule has 2 aromatic carbocycles. The first-order valence-electron chi connectivity index (χ1n) is 9.55. The van der Waals surface area contributed by atoms with Crippen molar-refractivity contribution < 1.29 is 13.2 Å². The molecule has 150 valence electrons. The molecule has 1 atom stereocenters. The predicted octanol–water partition coefficient (Wildman–Crippen LogP) is 4.05. The highest BCUT2D eigenvalue weighted by Crippen LogP contribution is 2.29. The van der Waals surface area contributed by atoms with Gasteiger partial charge in [0.15, 0.2) is 0 Å². The number of H-pyrrole nitrogens is 1. The Balaban J connectivity index is 1.73. The number of aryl methyl sites for hydroxylation is 1. The molecule has 1 aliphatic rings. The van der Waals surface area contributed by atoms with Gasteiger partial charge in [-0.15, -0.1) is 0 Å². The maximum absolute atomic E-state index is 13.1. The second kappa shape index (κ2) is 7.89. The SMILES string of the molecule is COc1ccc(C(NS(=O)(=O)c2ccc(C)cc2)c2cc3c([nH]2)CC=CC3)cc1. The lowest BCUT2D eigenvalue weighted by Crippen LogP contribution is -2.29. The molecule has 0 amide bonds. The van der Waals surface area contributed by atoms with Crippen molar-refractivity contribution in [3.63, 3.8) is 0 Å². The molecular weight excluding hydrogens is 384 g/mol. The fourth-order valence-electron chi connectivity index (χ4n) is 3.54. The molecule has 1 unspecified atom stereocenters. The summed E-state index contributed by atoms with van der Waals surface area (Å²) in [6, 6.07) is 15.9. The Morgan fingerprint density at radius 3 is 2.34 bits per heavy atom. The topological polar surface area (TPSA) is 71.2 Å². The van der Waals surface area contributed by atoms with Gasteiger partial charge in [-0.1, -0.05) is 42.0 Å². The van der Waals surface area contributed by atoms with Crippen LogP contribution >= 0.6 is 0 Å². The summed E-state index contributed by atoms with van der Waals surface area (Å²) in [5, 5.41) is 0. The van der Waals surface area contributed by atoms with Crippen LogP contribution in [0.25, 0.3) is 0 Å². The molecule has 2 N–H and O–H groups in total. The maximum Gasteiger partial charge on any atom is 0.241 e. The molecule has 4 rings (SSSR count). The first kappa shape index (κ1) is 19.5. The van der Waals surface area contributed by atoms with E-state index in [1.165, 1.54) is 5.56 Å². The molecule has 0 radical (unpaired) electrons. The Bertz CT molecular complexity index is 1100. The largest absolute Gasteiger partial charge is 0.497 e. The maximum atomic E-state index is 13.1. The fraction of sp³-hybridized carbons (Fsp3) is 0.217. The lowest BCUT2D eigenvalue weighted by Gasteiger charge is -2.19. The van der Waals surface area contributed by atoms with E-state index in [0.717, 1.165) is 41.1 Å². The Morgan fingerprint density at radius 1 is 1.00 bits per heavy atom. The summed E-state index contributed by atoms with van der Waals surface area (Å²) in [5.41, 5.74) is 5.03. The van der Waals surface area contributed by atoms with Crippen LogP contribution in [0.15, 0.2) is 71.6 Å². The molecule has 5 nitrogen and oxygen atoms in total. The van der Waals surface area contributed by atoms with E-state index in [1.54, 1.807) is 31.4 Å². The summed E-state index contributed by atoms with van der Waals surface area (Å²) < 4.78 is 34.3. The number of allylic oxidation sites excluding steroid dienone is 2. The number of rotatable bonds is 6. The van der Waals surface area contributed by atoms with E-state index in [0.29, 0.717) is 0 Å². The molecule has 0 saturated heterocycles. The summed E-state index contributed by atoms with van der Waals surface area (Å²) >= 11 is 0. The number of sulfonamides is 1. The summed E-state index contributed by atoms with van der Waals surface area (Å²) in [6.45, 7) is 1.93.